The van der Waals surface area contributed by atoms with E-state index >= 15 is 0 Å². The Hall–Kier alpha value is -3.07. The van der Waals surface area contributed by atoms with Gasteiger partial charge in [-0.3, -0.25) is 15.1 Å². The van der Waals surface area contributed by atoms with Crippen LogP contribution in [0.25, 0.3) is 22.6 Å². The molecule has 0 aliphatic carbocycles. The number of nitrogens with zero attached hydrogens (tertiary/aromatic N) is 3. The van der Waals surface area contributed by atoms with Gasteiger partial charge in [0.25, 0.3) is 5.91 Å². The lowest BCUT2D eigenvalue weighted by Crippen LogP contribution is -2.21. The van der Waals surface area contributed by atoms with Crippen molar-refractivity contribution in [3.8, 4) is 22.6 Å². The Bertz CT molecular complexity index is 1280. The number of halogens is 1. The predicted molar refractivity (Wildman–Crippen MR) is 132 cm³/mol. The van der Waals surface area contributed by atoms with Gasteiger partial charge in [0.2, 0.25) is 5.76 Å². The average molecular weight is 482 g/mol. The zero-order valence-corrected chi connectivity index (χ0v) is 20.3. The number of aromatic nitrogens is 3. The smallest absolute Gasteiger partial charge is 0.295 e. The standard InChI is InChI=1S/C24H24ClN5O2S/c1-13(2)26-10-16-9-14(3)20(27-11-16)19-12-33-24(29-19)30-23(31)22-21(28-15(4)32-22)17-5-7-18(25)8-6-17/h5-9,11-13,26H,10H2,1-4H3,(H,29,30,31). The number of anilines is 1. The van der Waals surface area contributed by atoms with Crippen LogP contribution < -0.4 is 10.6 Å². The van der Waals surface area contributed by atoms with Gasteiger partial charge in [0.15, 0.2) is 11.0 Å². The van der Waals surface area contributed by atoms with E-state index in [9.17, 15) is 4.79 Å². The van der Waals surface area contributed by atoms with Crippen LogP contribution in [0.15, 0.2) is 46.3 Å². The van der Waals surface area contributed by atoms with Crippen molar-refractivity contribution in [3.05, 3.63) is 69.7 Å². The maximum atomic E-state index is 12.9. The minimum atomic E-state index is -0.416. The monoisotopic (exact) mass is 481 g/mol. The molecular formula is C24H24ClN5O2S. The Kier molecular flexibility index (Phi) is 6.88. The first kappa shape index (κ1) is 23.1. The Labute approximate surface area is 201 Å². The summed E-state index contributed by atoms with van der Waals surface area (Å²) in [5, 5.41) is 9.15. The van der Waals surface area contributed by atoms with Gasteiger partial charge in [0, 0.05) is 41.7 Å². The molecule has 0 saturated heterocycles. The number of amides is 1. The third kappa shape index (κ3) is 5.47. The van der Waals surface area contributed by atoms with Crippen LogP contribution in [0.2, 0.25) is 5.02 Å². The molecule has 0 atom stereocenters. The summed E-state index contributed by atoms with van der Waals surface area (Å²) in [7, 11) is 0. The molecule has 4 rings (SSSR count). The number of aryl methyl sites for hydroxylation is 2. The van der Waals surface area contributed by atoms with Crippen molar-refractivity contribution in [3.63, 3.8) is 0 Å². The third-order valence-corrected chi connectivity index (χ3v) is 5.88. The van der Waals surface area contributed by atoms with E-state index in [1.54, 1.807) is 31.2 Å². The van der Waals surface area contributed by atoms with Crippen molar-refractivity contribution in [2.75, 3.05) is 5.32 Å². The lowest BCUT2D eigenvalue weighted by atomic mass is 10.1. The molecule has 0 aliphatic rings. The maximum absolute atomic E-state index is 12.9. The summed E-state index contributed by atoms with van der Waals surface area (Å²) in [5.41, 5.74) is 4.84. The van der Waals surface area contributed by atoms with Crippen LogP contribution in [0.1, 0.15) is 41.4 Å². The van der Waals surface area contributed by atoms with Crippen LogP contribution in [0.4, 0.5) is 5.13 Å². The Balaban J connectivity index is 1.52. The van der Waals surface area contributed by atoms with Crippen molar-refractivity contribution in [2.24, 2.45) is 0 Å². The van der Waals surface area contributed by atoms with E-state index in [0.717, 1.165) is 28.9 Å². The average Bonchev–Trinajstić information content (AvgIpc) is 3.39. The molecule has 1 amide bonds. The second kappa shape index (κ2) is 9.82. The fourth-order valence-electron chi connectivity index (χ4n) is 3.30. The molecule has 1 aromatic carbocycles. The van der Waals surface area contributed by atoms with Crippen molar-refractivity contribution >= 4 is 34.0 Å². The number of thiazole rings is 1. The first-order chi connectivity index (χ1) is 15.8. The maximum Gasteiger partial charge on any atom is 0.295 e. The zero-order valence-electron chi connectivity index (χ0n) is 18.8. The fraction of sp³-hybridized carbons (Fsp3) is 0.250. The number of hydrogen-bond donors (Lipinski definition) is 2. The van der Waals surface area contributed by atoms with Crippen LogP contribution >= 0.6 is 22.9 Å². The van der Waals surface area contributed by atoms with Crippen molar-refractivity contribution in [1.29, 1.82) is 0 Å². The lowest BCUT2D eigenvalue weighted by Gasteiger charge is -2.09. The van der Waals surface area contributed by atoms with Crippen LogP contribution in [0.3, 0.4) is 0 Å². The number of nitrogens with one attached hydrogen (secondary N) is 2. The van der Waals surface area contributed by atoms with Crippen LogP contribution in [0, 0.1) is 13.8 Å². The SMILES string of the molecule is Cc1nc(-c2ccc(Cl)cc2)c(C(=O)Nc2nc(-c3ncc(CNC(C)C)cc3C)cs2)o1. The second-order valence-electron chi connectivity index (χ2n) is 7.95. The summed E-state index contributed by atoms with van der Waals surface area (Å²) >= 11 is 7.31. The normalized spacial score (nSPS) is 11.2. The molecule has 9 heteroatoms. The molecule has 0 fully saturated rings. The Morgan fingerprint density at radius 2 is 1.91 bits per heavy atom. The van der Waals surface area contributed by atoms with Gasteiger partial charge < -0.3 is 9.73 Å². The fourth-order valence-corrected chi connectivity index (χ4v) is 4.11. The second-order valence-corrected chi connectivity index (χ2v) is 9.25. The van der Waals surface area contributed by atoms with E-state index in [4.69, 9.17) is 16.0 Å². The molecule has 2 N–H and O–H groups in total. The molecule has 0 spiro atoms. The van der Waals surface area contributed by atoms with Gasteiger partial charge in [-0.1, -0.05) is 43.6 Å². The van der Waals surface area contributed by atoms with E-state index < -0.39 is 5.91 Å². The molecule has 4 aromatic rings. The van der Waals surface area contributed by atoms with Crippen LogP contribution in [0.5, 0.6) is 0 Å². The number of oxazole rings is 1. The molecule has 170 valence electrons. The number of rotatable bonds is 7. The summed E-state index contributed by atoms with van der Waals surface area (Å²) in [6.07, 6.45) is 1.85. The Morgan fingerprint density at radius 3 is 2.61 bits per heavy atom. The van der Waals surface area contributed by atoms with Crippen LogP contribution in [-0.2, 0) is 6.54 Å². The van der Waals surface area contributed by atoms with E-state index in [2.05, 4.69) is 45.5 Å². The van der Waals surface area contributed by atoms with Gasteiger partial charge in [0.1, 0.15) is 11.4 Å². The van der Waals surface area contributed by atoms with Gasteiger partial charge in [0.05, 0.1) is 5.69 Å². The summed E-state index contributed by atoms with van der Waals surface area (Å²) in [6, 6.07) is 9.59. The summed E-state index contributed by atoms with van der Waals surface area (Å²) in [5.74, 6) is 0.112. The quantitative estimate of drug-likeness (QED) is 0.342. The molecule has 0 radical (unpaired) electrons. The van der Waals surface area contributed by atoms with Gasteiger partial charge in [-0.25, -0.2) is 9.97 Å². The van der Waals surface area contributed by atoms with Gasteiger partial charge >= 0.3 is 0 Å². The lowest BCUT2D eigenvalue weighted by molar-refractivity contribution is 0.0996. The zero-order chi connectivity index (χ0) is 23.5. The highest BCUT2D eigenvalue weighted by Gasteiger charge is 2.22. The first-order valence-electron chi connectivity index (χ1n) is 10.5. The van der Waals surface area contributed by atoms with Gasteiger partial charge in [-0.2, -0.15) is 0 Å². The molecule has 0 unspecified atom stereocenters. The molecule has 33 heavy (non-hydrogen) atoms. The molecule has 0 saturated carbocycles. The van der Waals surface area contributed by atoms with Crippen LogP contribution in [-0.4, -0.2) is 26.9 Å². The Morgan fingerprint density at radius 1 is 1.15 bits per heavy atom. The highest BCUT2D eigenvalue weighted by molar-refractivity contribution is 7.14. The highest BCUT2D eigenvalue weighted by atomic mass is 35.5. The molecular weight excluding hydrogens is 458 g/mol. The number of pyridine rings is 1. The predicted octanol–water partition coefficient (Wildman–Crippen LogP) is 5.88. The summed E-state index contributed by atoms with van der Waals surface area (Å²) < 4.78 is 5.60. The largest absolute Gasteiger partial charge is 0.435 e. The van der Waals surface area contributed by atoms with E-state index in [0.29, 0.717) is 33.5 Å². The van der Waals surface area contributed by atoms with E-state index in [1.807, 2.05) is 18.5 Å². The minimum Gasteiger partial charge on any atom is -0.435 e. The number of benzene rings is 1. The summed E-state index contributed by atoms with van der Waals surface area (Å²) in [4.78, 5) is 26.5. The van der Waals surface area contributed by atoms with Gasteiger partial charge in [-0.15, -0.1) is 11.3 Å². The highest BCUT2D eigenvalue weighted by Crippen LogP contribution is 2.29. The molecule has 0 bridgehead atoms. The molecule has 3 heterocycles. The molecule has 3 aromatic heterocycles. The van der Waals surface area contributed by atoms with Crippen molar-refractivity contribution in [1.82, 2.24) is 20.3 Å². The molecule has 0 aliphatic heterocycles. The minimum absolute atomic E-state index is 0.128. The third-order valence-electron chi connectivity index (χ3n) is 4.87. The number of carbonyl (C=O) groups excluding carboxylic acids is 1. The number of hydrogen-bond acceptors (Lipinski definition) is 7. The van der Waals surface area contributed by atoms with Crippen molar-refractivity contribution in [2.45, 2.75) is 40.3 Å². The first-order valence-corrected chi connectivity index (χ1v) is 11.8. The number of carbonyl (C=O) groups is 1. The topological polar surface area (TPSA) is 92.9 Å². The summed E-state index contributed by atoms with van der Waals surface area (Å²) in [6.45, 7) is 8.69. The van der Waals surface area contributed by atoms with E-state index in [1.165, 1.54) is 11.3 Å². The van der Waals surface area contributed by atoms with Gasteiger partial charge in [-0.05, 0) is 30.2 Å². The molecule has 7 nitrogen and oxygen atoms in total. The van der Waals surface area contributed by atoms with Crippen molar-refractivity contribution < 1.29 is 9.21 Å². The van der Waals surface area contributed by atoms with E-state index in [-0.39, 0.29) is 5.76 Å².